The fourth-order valence-corrected chi connectivity index (χ4v) is 1.12. The van der Waals surface area contributed by atoms with Gasteiger partial charge in [-0.05, 0) is 32.4 Å². The molecule has 0 aliphatic rings. The van der Waals surface area contributed by atoms with Gasteiger partial charge in [0.25, 0.3) is 0 Å². The standard InChI is InChI=1S/C9H17N3/c1-7(6-10)9(3)12-5-4-8(2)11-12/h4-5,7,9H,6,10H2,1-3H3. The van der Waals surface area contributed by atoms with Crippen LogP contribution in [0.1, 0.15) is 25.6 Å². The summed E-state index contributed by atoms with van der Waals surface area (Å²) >= 11 is 0. The van der Waals surface area contributed by atoms with Crippen LogP contribution >= 0.6 is 0 Å². The van der Waals surface area contributed by atoms with Gasteiger partial charge in [-0.25, -0.2) is 0 Å². The molecule has 3 nitrogen and oxygen atoms in total. The molecule has 1 heterocycles. The van der Waals surface area contributed by atoms with Crippen molar-refractivity contribution < 1.29 is 0 Å². The SMILES string of the molecule is Cc1ccn(C(C)C(C)CN)n1. The largest absolute Gasteiger partial charge is 0.330 e. The van der Waals surface area contributed by atoms with Crippen LogP contribution in [0.4, 0.5) is 0 Å². The molecule has 0 aliphatic heterocycles. The highest BCUT2D eigenvalue weighted by atomic mass is 15.3. The zero-order chi connectivity index (χ0) is 9.14. The molecule has 0 fully saturated rings. The van der Waals surface area contributed by atoms with Crippen LogP contribution in [0.5, 0.6) is 0 Å². The molecule has 0 radical (unpaired) electrons. The van der Waals surface area contributed by atoms with Gasteiger partial charge in [0.2, 0.25) is 0 Å². The predicted molar refractivity (Wildman–Crippen MR) is 49.9 cm³/mol. The monoisotopic (exact) mass is 167 g/mol. The van der Waals surface area contributed by atoms with Gasteiger partial charge in [0, 0.05) is 6.20 Å². The Hall–Kier alpha value is -0.830. The average Bonchev–Trinajstić information content (AvgIpc) is 2.49. The lowest BCUT2D eigenvalue weighted by atomic mass is 10.1. The molecule has 2 atom stereocenters. The number of hydrogen-bond acceptors (Lipinski definition) is 2. The molecule has 2 N–H and O–H groups in total. The van der Waals surface area contributed by atoms with Crippen LogP contribution in [0.25, 0.3) is 0 Å². The van der Waals surface area contributed by atoms with E-state index in [-0.39, 0.29) is 0 Å². The van der Waals surface area contributed by atoms with Gasteiger partial charge in [-0.3, -0.25) is 4.68 Å². The topological polar surface area (TPSA) is 43.8 Å². The number of nitrogens with zero attached hydrogens (tertiary/aromatic N) is 2. The number of aryl methyl sites for hydroxylation is 1. The zero-order valence-electron chi connectivity index (χ0n) is 7.99. The van der Waals surface area contributed by atoms with Crippen molar-refractivity contribution in [1.82, 2.24) is 9.78 Å². The van der Waals surface area contributed by atoms with E-state index in [1.165, 1.54) is 0 Å². The fourth-order valence-electron chi connectivity index (χ4n) is 1.12. The summed E-state index contributed by atoms with van der Waals surface area (Å²) in [5.41, 5.74) is 6.64. The van der Waals surface area contributed by atoms with Gasteiger partial charge in [-0.2, -0.15) is 5.10 Å². The fraction of sp³-hybridized carbons (Fsp3) is 0.667. The van der Waals surface area contributed by atoms with E-state index in [1.807, 2.05) is 23.9 Å². The maximum Gasteiger partial charge on any atom is 0.0593 e. The second-order valence-corrected chi connectivity index (χ2v) is 3.39. The Bertz CT molecular complexity index is 242. The molecule has 3 heteroatoms. The minimum atomic E-state index is 0.392. The van der Waals surface area contributed by atoms with E-state index < -0.39 is 0 Å². The molecular weight excluding hydrogens is 150 g/mol. The van der Waals surface area contributed by atoms with Gasteiger partial charge >= 0.3 is 0 Å². The Morgan fingerprint density at radius 1 is 1.58 bits per heavy atom. The molecule has 1 aromatic rings. The van der Waals surface area contributed by atoms with Crippen molar-refractivity contribution in [3.63, 3.8) is 0 Å². The maximum atomic E-state index is 5.58. The van der Waals surface area contributed by atoms with E-state index in [9.17, 15) is 0 Å². The quantitative estimate of drug-likeness (QED) is 0.738. The lowest BCUT2D eigenvalue weighted by molar-refractivity contribution is 0.357. The van der Waals surface area contributed by atoms with Crippen molar-refractivity contribution in [1.29, 1.82) is 0 Å². The highest BCUT2D eigenvalue weighted by molar-refractivity contribution is 4.96. The molecule has 0 bridgehead atoms. The van der Waals surface area contributed by atoms with Crippen molar-refractivity contribution in [2.75, 3.05) is 6.54 Å². The molecule has 0 saturated heterocycles. The van der Waals surface area contributed by atoms with E-state index >= 15 is 0 Å². The molecular formula is C9H17N3. The predicted octanol–water partition coefficient (Wildman–Crippen LogP) is 1.35. The van der Waals surface area contributed by atoms with Crippen molar-refractivity contribution in [2.45, 2.75) is 26.8 Å². The lowest BCUT2D eigenvalue weighted by Crippen LogP contribution is -2.22. The van der Waals surface area contributed by atoms with E-state index in [1.54, 1.807) is 0 Å². The third-order valence-corrected chi connectivity index (χ3v) is 2.35. The van der Waals surface area contributed by atoms with Crippen LogP contribution in [0, 0.1) is 12.8 Å². The first-order valence-electron chi connectivity index (χ1n) is 4.37. The average molecular weight is 167 g/mol. The first-order chi connectivity index (χ1) is 5.65. The third kappa shape index (κ3) is 1.85. The zero-order valence-corrected chi connectivity index (χ0v) is 7.99. The van der Waals surface area contributed by atoms with Gasteiger partial charge in [0.15, 0.2) is 0 Å². The van der Waals surface area contributed by atoms with Crippen LogP contribution in [-0.4, -0.2) is 16.3 Å². The van der Waals surface area contributed by atoms with Gasteiger partial charge < -0.3 is 5.73 Å². The van der Waals surface area contributed by atoms with E-state index in [0.717, 1.165) is 5.69 Å². The molecule has 0 spiro atoms. The molecule has 0 saturated carbocycles. The van der Waals surface area contributed by atoms with Crippen LogP contribution in [0.3, 0.4) is 0 Å². The Balaban J connectivity index is 2.70. The van der Waals surface area contributed by atoms with Gasteiger partial charge in [-0.15, -0.1) is 0 Å². The minimum Gasteiger partial charge on any atom is -0.330 e. The number of rotatable bonds is 3. The Morgan fingerprint density at radius 2 is 2.25 bits per heavy atom. The first-order valence-corrected chi connectivity index (χ1v) is 4.37. The molecule has 1 aromatic heterocycles. The lowest BCUT2D eigenvalue weighted by Gasteiger charge is -2.18. The summed E-state index contributed by atoms with van der Waals surface area (Å²) < 4.78 is 1.98. The van der Waals surface area contributed by atoms with Crippen molar-refractivity contribution in [3.05, 3.63) is 18.0 Å². The van der Waals surface area contributed by atoms with Gasteiger partial charge in [-0.1, -0.05) is 6.92 Å². The molecule has 12 heavy (non-hydrogen) atoms. The molecule has 68 valence electrons. The Labute approximate surface area is 73.6 Å². The number of hydrogen-bond donors (Lipinski definition) is 1. The second kappa shape index (κ2) is 3.72. The van der Waals surface area contributed by atoms with Crippen LogP contribution in [0.15, 0.2) is 12.3 Å². The third-order valence-electron chi connectivity index (χ3n) is 2.35. The number of aromatic nitrogens is 2. The molecule has 0 aliphatic carbocycles. The number of nitrogens with two attached hydrogens (primary N) is 1. The van der Waals surface area contributed by atoms with Gasteiger partial charge in [0.1, 0.15) is 0 Å². The van der Waals surface area contributed by atoms with Crippen molar-refractivity contribution in [3.8, 4) is 0 Å². The van der Waals surface area contributed by atoms with E-state index in [2.05, 4.69) is 18.9 Å². The highest BCUT2D eigenvalue weighted by Crippen LogP contribution is 2.14. The van der Waals surface area contributed by atoms with Crippen LogP contribution in [0.2, 0.25) is 0 Å². The summed E-state index contributed by atoms with van der Waals surface area (Å²) in [7, 11) is 0. The van der Waals surface area contributed by atoms with Gasteiger partial charge in [0.05, 0.1) is 11.7 Å². The van der Waals surface area contributed by atoms with Crippen LogP contribution < -0.4 is 5.73 Å². The summed E-state index contributed by atoms with van der Waals surface area (Å²) in [6.45, 7) is 6.99. The smallest absolute Gasteiger partial charge is 0.0593 e. The first kappa shape index (κ1) is 9.26. The Kier molecular flexibility index (Phi) is 2.87. The molecule has 0 aromatic carbocycles. The molecule has 2 unspecified atom stereocenters. The van der Waals surface area contributed by atoms with Crippen LogP contribution in [-0.2, 0) is 0 Å². The Morgan fingerprint density at radius 3 is 2.67 bits per heavy atom. The highest BCUT2D eigenvalue weighted by Gasteiger charge is 2.12. The van der Waals surface area contributed by atoms with E-state index in [0.29, 0.717) is 18.5 Å². The summed E-state index contributed by atoms with van der Waals surface area (Å²) in [5, 5.41) is 4.34. The maximum absolute atomic E-state index is 5.58. The summed E-state index contributed by atoms with van der Waals surface area (Å²) in [6.07, 6.45) is 2.01. The summed E-state index contributed by atoms with van der Waals surface area (Å²) in [5.74, 6) is 0.476. The van der Waals surface area contributed by atoms with Crippen molar-refractivity contribution >= 4 is 0 Å². The minimum absolute atomic E-state index is 0.392. The summed E-state index contributed by atoms with van der Waals surface area (Å²) in [6, 6.07) is 2.41. The second-order valence-electron chi connectivity index (χ2n) is 3.39. The summed E-state index contributed by atoms with van der Waals surface area (Å²) in [4.78, 5) is 0. The normalized spacial score (nSPS) is 16.0. The van der Waals surface area contributed by atoms with E-state index in [4.69, 9.17) is 5.73 Å². The van der Waals surface area contributed by atoms with Crippen molar-refractivity contribution in [2.24, 2.45) is 11.7 Å². The molecule has 1 rings (SSSR count). The molecule has 0 amide bonds.